The van der Waals surface area contributed by atoms with E-state index in [2.05, 4.69) is 59.3 Å². The quantitative estimate of drug-likeness (QED) is 0.401. The van der Waals surface area contributed by atoms with E-state index in [0.29, 0.717) is 31.2 Å². The number of amides is 1. The largest absolute Gasteiger partial charge is 0.372 e. The minimum absolute atomic E-state index is 0.000675. The van der Waals surface area contributed by atoms with Gasteiger partial charge in [0.05, 0.1) is 40.4 Å². The lowest BCUT2D eigenvalue weighted by atomic mass is 9.76. The van der Waals surface area contributed by atoms with Crippen molar-refractivity contribution in [1.82, 2.24) is 10.3 Å². The number of nitriles is 1. The molecule has 4 fully saturated rings. The Balaban J connectivity index is 1.32. The van der Waals surface area contributed by atoms with Crippen LogP contribution >= 0.6 is 21.9 Å². The fourth-order valence-electron chi connectivity index (χ4n) is 6.39. The van der Waals surface area contributed by atoms with Crippen LogP contribution in [0.1, 0.15) is 64.0 Å². The summed E-state index contributed by atoms with van der Waals surface area (Å²) in [7, 11) is -2.44. The van der Waals surface area contributed by atoms with Gasteiger partial charge in [-0.15, -0.1) is 0 Å². The molecule has 0 bridgehead atoms. The molecule has 11 heteroatoms. The SMILES string of the molecule is CC1(C)CN(c2nc([C@@H]3CCCC[C@H]3C(=O)NC3(C#N)CC3)c(-c3ccc(N4CCS(O)(O)CC4)cc3)s2)CCO1. The predicted octanol–water partition coefficient (Wildman–Crippen LogP) is 5.44. The number of nitrogens with zero attached hydrogens (tertiary/aromatic N) is 4. The van der Waals surface area contributed by atoms with Crippen LogP contribution in [0.4, 0.5) is 10.8 Å². The molecule has 2 aliphatic heterocycles. The fourth-order valence-corrected chi connectivity index (χ4v) is 8.79. The molecule has 1 amide bonds. The first-order chi connectivity index (χ1) is 19.6. The van der Waals surface area contributed by atoms with Crippen molar-refractivity contribution in [1.29, 1.82) is 5.26 Å². The zero-order valence-corrected chi connectivity index (χ0v) is 25.6. The molecular weight excluding hydrogens is 558 g/mol. The van der Waals surface area contributed by atoms with E-state index in [-0.39, 0.29) is 23.3 Å². The number of nitrogens with one attached hydrogen (secondary N) is 1. The van der Waals surface area contributed by atoms with Crippen molar-refractivity contribution in [2.45, 2.75) is 69.4 Å². The Hall–Kier alpha value is -2.36. The lowest BCUT2D eigenvalue weighted by Gasteiger charge is -2.41. The zero-order chi connectivity index (χ0) is 28.8. The van der Waals surface area contributed by atoms with E-state index < -0.39 is 16.1 Å². The average molecular weight is 600 g/mol. The highest BCUT2D eigenvalue weighted by atomic mass is 32.3. The number of carbonyl (C=O) groups is 1. The summed E-state index contributed by atoms with van der Waals surface area (Å²) in [6.07, 6.45) is 5.24. The van der Waals surface area contributed by atoms with Crippen LogP contribution in [0.25, 0.3) is 10.4 Å². The Morgan fingerprint density at radius 1 is 1.12 bits per heavy atom. The first-order valence-corrected chi connectivity index (χ1v) is 17.5. The van der Waals surface area contributed by atoms with Crippen LogP contribution in [0.5, 0.6) is 0 Å². The summed E-state index contributed by atoms with van der Waals surface area (Å²) < 4.78 is 26.0. The van der Waals surface area contributed by atoms with E-state index in [9.17, 15) is 19.2 Å². The molecular formula is C30H41N5O4S2. The molecule has 2 atom stereocenters. The van der Waals surface area contributed by atoms with E-state index in [1.807, 2.05) is 0 Å². The highest BCUT2D eigenvalue weighted by molar-refractivity contribution is 8.24. The molecule has 0 spiro atoms. The summed E-state index contributed by atoms with van der Waals surface area (Å²) in [5.41, 5.74) is 2.22. The van der Waals surface area contributed by atoms with Crippen LogP contribution < -0.4 is 15.1 Å². The van der Waals surface area contributed by atoms with Crippen LogP contribution in [0.3, 0.4) is 0 Å². The molecule has 3 N–H and O–H groups in total. The van der Waals surface area contributed by atoms with Crippen molar-refractivity contribution < 1.29 is 18.6 Å². The third kappa shape index (κ3) is 6.22. The van der Waals surface area contributed by atoms with Gasteiger partial charge in [-0.1, -0.05) is 36.3 Å². The van der Waals surface area contributed by atoms with Crippen LogP contribution in [-0.2, 0) is 9.53 Å². The van der Waals surface area contributed by atoms with Gasteiger partial charge in [0, 0.05) is 43.7 Å². The molecule has 1 aromatic carbocycles. The van der Waals surface area contributed by atoms with E-state index >= 15 is 0 Å². The minimum Gasteiger partial charge on any atom is -0.372 e. The molecule has 1 aromatic heterocycles. The van der Waals surface area contributed by atoms with Crippen molar-refractivity contribution in [3.05, 3.63) is 30.0 Å². The van der Waals surface area contributed by atoms with E-state index in [1.165, 1.54) is 0 Å². The summed E-state index contributed by atoms with van der Waals surface area (Å²) in [6.45, 7) is 7.67. The fraction of sp³-hybridized carbons (Fsp3) is 0.633. The van der Waals surface area contributed by atoms with Crippen LogP contribution in [0, 0.1) is 17.2 Å². The number of morpholine rings is 1. The Labute approximate surface area is 248 Å². The maximum atomic E-state index is 13.6. The van der Waals surface area contributed by atoms with Crippen LogP contribution in [0.2, 0.25) is 0 Å². The first kappa shape index (κ1) is 28.7. The molecule has 3 heterocycles. The van der Waals surface area contributed by atoms with Gasteiger partial charge in [-0.05, 0) is 57.2 Å². The molecule has 41 heavy (non-hydrogen) atoms. The number of thiazole rings is 1. The second-order valence-electron chi connectivity index (χ2n) is 12.7. The van der Waals surface area contributed by atoms with Crippen molar-refractivity contribution in [2.75, 3.05) is 54.1 Å². The van der Waals surface area contributed by atoms with E-state index in [4.69, 9.17) is 9.72 Å². The topological polar surface area (TPSA) is 122 Å². The number of aromatic nitrogens is 1. The van der Waals surface area contributed by atoms with Gasteiger partial charge in [0.1, 0.15) is 5.54 Å². The highest BCUT2D eigenvalue weighted by Crippen LogP contribution is 2.47. The van der Waals surface area contributed by atoms with Gasteiger partial charge < -0.3 is 19.9 Å². The number of ether oxygens (including phenoxy) is 1. The lowest BCUT2D eigenvalue weighted by molar-refractivity contribution is -0.127. The Bertz CT molecular complexity index is 1310. The van der Waals surface area contributed by atoms with Crippen molar-refractivity contribution in [3.8, 4) is 16.5 Å². The minimum atomic E-state index is -2.44. The number of anilines is 2. The second kappa shape index (κ2) is 11.0. The van der Waals surface area contributed by atoms with E-state index in [0.717, 1.165) is 78.6 Å². The summed E-state index contributed by atoms with van der Waals surface area (Å²) in [6, 6.07) is 10.8. The molecule has 0 radical (unpaired) electrons. The maximum Gasteiger partial charge on any atom is 0.225 e. The summed E-state index contributed by atoms with van der Waals surface area (Å²) in [5, 5.41) is 13.6. The summed E-state index contributed by atoms with van der Waals surface area (Å²) in [5.74, 6) is 0.611. The molecule has 2 saturated heterocycles. The van der Waals surface area contributed by atoms with Gasteiger partial charge in [-0.25, -0.2) is 4.98 Å². The van der Waals surface area contributed by atoms with Gasteiger partial charge in [0.15, 0.2) is 5.13 Å². The zero-order valence-electron chi connectivity index (χ0n) is 24.0. The van der Waals surface area contributed by atoms with Crippen LogP contribution in [0.15, 0.2) is 24.3 Å². The van der Waals surface area contributed by atoms with E-state index in [1.54, 1.807) is 11.3 Å². The molecule has 0 unspecified atom stereocenters. The molecule has 2 aliphatic carbocycles. The van der Waals surface area contributed by atoms with Crippen molar-refractivity contribution >= 4 is 38.7 Å². The average Bonchev–Trinajstić information content (AvgIpc) is 3.59. The normalized spacial score (nSPS) is 27.5. The van der Waals surface area contributed by atoms with Gasteiger partial charge in [0.2, 0.25) is 5.91 Å². The van der Waals surface area contributed by atoms with Gasteiger partial charge in [-0.3, -0.25) is 13.9 Å². The maximum absolute atomic E-state index is 13.6. The van der Waals surface area contributed by atoms with Crippen molar-refractivity contribution in [3.63, 3.8) is 0 Å². The van der Waals surface area contributed by atoms with Gasteiger partial charge in [0.25, 0.3) is 0 Å². The molecule has 222 valence electrons. The number of hydrogen-bond acceptors (Lipinski definition) is 9. The van der Waals surface area contributed by atoms with Gasteiger partial charge in [-0.2, -0.15) is 15.9 Å². The van der Waals surface area contributed by atoms with Crippen molar-refractivity contribution in [2.24, 2.45) is 5.92 Å². The number of hydrogen-bond donors (Lipinski definition) is 3. The Morgan fingerprint density at radius 3 is 2.49 bits per heavy atom. The molecule has 2 aromatic rings. The van der Waals surface area contributed by atoms with Crippen LogP contribution in [-0.4, -0.2) is 75.4 Å². The van der Waals surface area contributed by atoms with Gasteiger partial charge >= 0.3 is 0 Å². The summed E-state index contributed by atoms with van der Waals surface area (Å²) >= 11 is 1.70. The number of benzene rings is 1. The smallest absolute Gasteiger partial charge is 0.225 e. The second-order valence-corrected chi connectivity index (χ2v) is 16.1. The number of carbonyl (C=O) groups excluding carboxylic acids is 1. The standard InChI is InChI=1S/C30H41N5O4S2/c1-29(2)20-35(13-16-39-29)28-32-25(23-5-3-4-6-24(23)27(36)33-30(19-31)11-12-30)26(40-28)21-7-9-22(10-8-21)34-14-17-41(37,38)18-15-34/h7-10,23-24,37-38H,3-6,11-18,20H2,1-2H3,(H,33,36)/t23-,24-/m1/s1. The monoisotopic (exact) mass is 599 g/mol. The Morgan fingerprint density at radius 2 is 1.83 bits per heavy atom. The highest BCUT2D eigenvalue weighted by Gasteiger charge is 2.47. The third-order valence-electron chi connectivity index (χ3n) is 8.99. The third-order valence-corrected chi connectivity index (χ3v) is 11.8. The predicted molar refractivity (Wildman–Crippen MR) is 165 cm³/mol. The first-order valence-electron chi connectivity index (χ1n) is 14.8. The summed E-state index contributed by atoms with van der Waals surface area (Å²) in [4.78, 5) is 24.5. The molecule has 2 saturated carbocycles. The lowest BCUT2D eigenvalue weighted by Crippen LogP contribution is -2.48. The molecule has 4 aliphatic rings. The molecule has 6 rings (SSSR count). The number of rotatable bonds is 6. The Kier molecular flexibility index (Phi) is 7.74. The molecule has 9 nitrogen and oxygen atoms in total.